The summed E-state index contributed by atoms with van der Waals surface area (Å²) in [7, 11) is 1.69. The molecule has 0 spiro atoms. The van der Waals surface area contributed by atoms with Gasteiger partial charge in [-0.25, -0.2) is 15.0 Å². The molecule has 0 aromatic rings. The van der Waals surface area contributed by atoms with Crippen LogP contribution in [0.15, 0.2) is 106 Å². The Labute approximate surface area is 240 Å². The van der Waals surface area contributed by atoms with Crippen molar-refractivity contribution >= 4 is 23.1 Å². The van der Waals surface area contributed by atoms with E-state index in [0.29, 0.717) is 25.2 Å². The number of hydrogen-bond donors (Lipinski definition) is 3. The predicted octanol–water partition coefficient (Wildman–Crippen LogP) is 6.17. The van der Waals surface area contributed by atoms with Crippen molar-refractivity contribution in [2.45, 2.75) is 60.3 Å². The fourth-order valence-electron chi connectivity index (χ4n) is 6.76. The van der Waals surface area contributed by atoms with Crippen molar-refractivity contribution < 1.29 is 19.7 Å². The predicted molar refractivity (Wildman–Crippen MR) is 161 cm³/mol. The van der Waals surface area contributed by atoms with Crippen LogP contribution in [-0.2, 0) is 9.53 Å². The topological polar surface area (TPSA) is 116 Å². The van der Waals surface area contributed by atoms with E-state index in [1.54, 1.807) is 7.11 Å². The lowest BCUT2D eigenvalue weighted by atomic mass is 9.86. The van der Waals surface area contributed by atoms with Gasteiger partial charge >= 0.3 is 5.97 Å². The number of allylic oxidation sites excluding steroid dienone is 11. The number of hydrogen-bond acceptors (Lipinski definition) is 7. The Morgan fingerprint density at radius 3 is 2.39 bits per heavy atom. The molecule has 212 valence electrons. The Balaban J connectivity index is 1.61. The van der Waals surface area contributed by atoms with Crippen LogP contribution in [0.5, 0.6) is 0 Å². The first-order valence-electron chi connectivity index (χ1n) is 14.3. The summed E-state index contributed by atoms with van der Waals surface area (Å²) >= 11 is 0. The number of rotatable bonds is 6. The third kappa shape index (κ3) is 4.32. The standard InChI is InChI=1S/C33H36N4O4/c1-7-19-15(2)24-12-28-22(14-41-6)17(4)23(35-28)11-25-16(3)20(8-9-30(39)40)32(36-25)21-10-29(38)31-18(5)26(37-33(21)31)13-27(19)34-24/h11-13,16,20,36,38H,7-10,14H2,1-6H3,(H,39,40)/t16-,20-/m0/s1. The highest BCUT2D eigenvalue weighted by Crippen LogP contribution is 2.46. The maximum atomic E-state index is 11.6. The van der Waals surface area contributed by atoms with Gasteiger partial charge in [-0.05, 0) is 74.1 Å². The van der Waals surface area contributed by atoms with E-state index in [1.807, 2.05) is 13.0 Å². The van der Waals surface area contributed by atoms with Gasteiger partial charge in [-0.15, -0.1) is 0 Å². The molecule has 3 N–H and O–H groups in total. The van der Waals surface area contributed by atoms with Gasteiger partial charge < -0.3 is 20.3 Å². The van der Waals surface area contributed by atoms with Gasteiger partial charge in [-0.3, -0.25) is 4.79 Å². The molecular formula is C33H36N4O4. The van der Waals surface area contributed by atoms with Gasteiger partial charge in [0.1, 0.15) is 5.76 Å². The largest absolute Gasteiger partial charge is 0.511 e. The minimum Gasteiger partial charge on any atom is -0.511 e. The summed E-state index contributed by atoms with van der Waals surface area (Å²) in [6.45, 7) is 10.9. The Bertz CT molecular complexity index is 1650. The third-order valence-electron chi connectivity index (χ3n) is 9.14. The van der Waals surface area contributed by atoms with Crippen LogP contribution < -0.4 is 5.32 Å². The van der Waals surface area contributed by atoms with E-state index in [1.165, 1.54) is 0 Å². The van der Waals surface area contributed by atoms with Gasteiger partial charge in [0.2, 0.25) is 0 Å². The van der Waals surface area contributed by atoms with Crippen LogP contribution >= 0.6 is 0 Å². The smallest absolute Gasteiger partial charge is 0.303 e. The molecule has 0 aromatic heterocycles. The minimum absolute atomic E-state index is 0.0310. The van der Waals surface area contributed by atoms with Gasteiger partial charge in [-0.1, -0.05) is 13.8 Å². The van der Waals surface area contributed by atoms with Crippen molar-refractivity contribution in [3.63, 3.8) is 0 Å². The van der Waals surface area contributed by atoms with Gasteiger partial charge in [0.05, 0.1) is 40.8 Å². The zero-order valence-corrected chi connectivity index (χ0v) is 24.5. The first-order valence-corrected chi connectivity index (χ1v) is 14.3. The number of aliphatic hydroxyl groups is 1. The van der Waals surface area contributed by atoms with E-state index in [9.17, 15) is 15.0 Å². The van der Waals surface area contributed by atoms with E-state index < -0.39 is 5.97 Å². The number of ether oxygens (including phenoxy) is 1. The first kappa shape index (κ1) is 27.1. The van der Waals surface area contributed by atoms with Crippen molar-refractivity contribution in [2.75, 3.05) is 13.7 Å². The molecule has 41 heavy (non-hydrogen) atoms. The molecule has 0 amide bonds. The number of aliphatic imine (C=N–C) groups is 3. The second-order valence-corrected chi connectivity index (χ2v) is 11.5. The molecule has 8 bridgehead atoms. The second-order valence-electron chi connectivity index (χ2n) is 11.5. The molecule has 6 rings (SSSR count). The Morgan fingerprint density at radius 2 is 1.71 bits per heavy atom. The SMILES string of the molecule is CCC1=C(C)C2=NC1=CC1=C(C)C3=C(O)CC(=C4NC(=CC5=NC(=C2)C(COC)=C5C)[C@@H](C)[C@@H]4CCC(=O)O)C3=N1. The highest BCUT2D eigenvalue weighted by Gasteiger charge is 2.41. The van der Waals surface area contributed by atoms with E-state index >= 15 is 0 Å². The number of carbonyl (C=O) groups is 1. The van der Waals surface area contributed by atoms with Gasteiger partial charge in [0.15, 0.2) is 0 Å². The fraction of sp³-hybridized carbons (Fsp3) is 0.394. The summed E-state index contributed by atoms with van der Waals surface area (Å²) in [5.41, 5.74) is 13.9. The van der Waals surface area contributed by atoms with Crippen LogP contribution in [0.1, 0.15) is 60.3 Å². The number of aliphatic hydroxyl groups excluding tert-OH is 1. The molecule has 1 fully saturated rings. The molecule has 1 saturated heterocycles. The molecule has 8 heteroatoms. The molecule has 8 nitrogen and oxygen atoms in total. The van der Waals surface area contributed by atoms with Crippen molar-refractivity contribution in [2.24, 2.45) is 26.8 Å². The molecule has 0 radical (unpaired) electrons. The van der Waals surface area contributed by atoms with Crippen LogP contribution in [0.2, 0.25) is 0 Å². The van der Waals surface area contributed by atoms with Gasteiger partial charge in [0.25, 0.3) is 0 Å². The van der Waals surface area contributed by atoms with Crippen LogP contribution in [0, 0.1) is 11.8 Å². The number of fused-ring (bicyclic) bond motifs is 5. The van der Waals surface area contributed by atoms with Crippen molar-refractivity contribution in [3.05, 3.63) is 91.5 Å². The zero-order chi connectivity index (χ0) is 29.2. The summed E-state index contributed by atoms with van der Waals surface area (Å²) in [4.78, 5) is 26.8. The summed E-state index contributed by atoms with van der Waals surface area (Å²) in [5.74, 6) is -0.544. The quantitative estimate of drug-likeness (QED) is 0.365. The first-order chi connectivity index (χ1) is 19.6. The van der Waals surface area contributed by atoms with Crippen LogP contribution in [-0.4, -0.2) is 47.0 Å². The monoisotopic (exact) mass is 552 g/mol. The average molecular weight is 553 g/mol. The lowest BCUT2D eigenvalue weighted by Crippen LogP contribution is -2.15. The number of methoxy groups -OCH3 is 1. The maximum Gasteiger partial charge on any atom is 0.303 e. The number of carboxylic acid groups (broad SMARTS) is 1. The Kier molecular flexibility index (Phi) is 6.69. The zero-order valence-electron chi connectivity index (χ0n) is 24.5. The third-order valence-corrected chi connectivity index (χ3v) is 9.14. The molecule has 0 saturated carbocycles. The number of aliphatic carboxylic acids is 1. The van der Waals surface area contributed by atoms with Crippen LogP contribution in [0.25, 0.3) is 0 Å². The minimum atomic E-state index is -0.820. The van der Waals surface area contributed by atoms with E-state index in [0.717, 1.165) is 91.1 Å². The van der Waals surface area contributed by atoms with Crippen LogP contribution in [0.4, 0.5) is 0 Å². The molecule has 5 heterocycles. The molecule has 0 aromatic carbocycles. The van der Waals surface area contributed by atoms with Crippen molar-refractivity contribution in [1.29, 1.82) is 0 Å². The lowest BCUT2D eigenvalue weighted by Gasteiger charge is -2.17. The molecule has 6 aliphatic rings. The summed E-state index contributed by atoms with van der Waals surface area (Å²) in [6.07, 6.45) is 7.90. The summed E-state index contributed by atoms with van der Waals surface area (Å²) in [5, 5.41) is 24.3. The number of nitrogens with zero attached hydrogens (tertiary/aromatic N) is 3. The maximum absolute atomic E-state index is 11.6. The normalized spacial score (nSPS) is 25.1. The van der Waals surface area contributed by atoms with E-state index in [4.69, 9.17) is 19.7 Å². The van der Waals surface area contributed by atoms with Crippen LogP contribution in [0.3, 0.4) is 0 Å². The van der Waals surface area contributed by atoms with Crippen molar-refractivity contribution in [3.8, 4) is 0 Å². The second kappa shape index (κ2) is 10.1. The van der Waals surface area contributed by atoms with E-state index in [-0.39, 0.29) is 18.3 Å². The average Bonchev–Trinajstić information content (AvgIpc) is 3.67. The molecule has 0 unspecified atom stereocenters. The highest BCUT2D eigenvalue weighted by molar-refractivity contribution is 6.21. The molecule has 2 atom stereocenters. The highest BCUT2D eigenvalue weighted by atomic mass is 16.5. The van der Waals surface area contributed by atoms with Gasteiger partial charge in [0, 0.05) is 59.9 Å². The number of nitrogens with one attached hydrogen (secondary N) is 1. The molecule has 5 aliphatic heterocycles. The van der Waals surface area contributed by atoms with E-state index in [2.05, 4.69) is 45.2 Å². The fourth-order valence-corrected chi connectivity index (χ4v) is 6.76. The molecular weight excluding hydrogens is 516 g/mol. The Hall–Kier alpha value is -4.04. The van der Waals surface area contributed by atoms with Crippen molar-refractivity contribution in [1.82, 2.24) is 5.32 Å². The summed E-state index contributed by atoms with van der Waals surface area (Å²) < 4.78 is 5.58. The molecule has 1 aliphatic carbocycles. The van der Waals surface area contributed by atoms with Gasteiger partial charge in [-0.2, -0.15) is 0 Å². The summed E-state index contributed by atoms with van der Waals surface area (Å²) in [6, 6.07) is 0. The Morgan fingerprint density at radius 1 is 1.02 bits per heavy atom. The lowest BCUT2D eigenvalue weighted by molar-refractivity contribution is -0.137. The number of carboxylic acids is 1.